The minimum atomic E-state index is 0.604. The summed E-state index contributed by atoms with van der Waals surface area (Å²) < 4.78 is 0. The van der Waals surface area contributed by atoms with Crippen LogP contribution in [0.3, 0.4) is 0 Å². The van der Waals surface area contributed by atoms with Crippen molar-refractivity contribution >= 4 is 17.3 Å². The fraction of sp³-hybridized carbons (Fsp3) is 0.250. The standard InChI is InChI=1S/C20H23N5S/c1-3-21-20(25-14-19-23-12-15(2)26-19)24-13-16-7-6-8-17(11-16)18-9-4-5-10-22-18/h4-12H,3,13-14H2,1-2H3,(H2,21,24,25). The van der Waals surface area contributed by atoms with E-state index in [9.17, 15) is 0 Å². The number of aromatic nitrogens is 2. The molecule has 0 saturated carbocycles. The largest absolute Gasteiger partial charge is 0.357 e. The number of aliphatic imine (C=N–C) groups is 1. The maximum Gasteiger partial charge on any atom is 0.191 e. The Labute approximate surface area is 158 Å². The number of hydrogen-bond donors (Lipinski definition) is 2. The molecule has 2 aromatic heterocycles. The molecule has 0 amide bonds. The van der Waals surface area contributed by atoms with Gasteiger partial charge in [0.05, 0.1) is 18.8 Å². The Morgan fingerprint density at radius 2 is 2.04 bits per heavy atom. The van der Waals surface area contributed by atoms with E-state index < -0.39 is 0 Å². The van der Waals surface area contributed by atoms with Crippen molar-refractivity contribution in [2.75, 3.05) is 6.54 Å². The third kappa shape index (κ3) is 5.13. The molecule has 0 spiro atoms. The quantitative estimate of drug-likeness (QED) is 0.516. The summed E-state index contributed by atoms with van der Waals surface area (Å²) in [5.41, 5.74) is 3.23. The molecular formula is C20H23N5S. The first-order valence-electron chi connectivity index (χ1n) is 8.68. The third-order valence-electron chi connectivity index (χ3n) is 3.73. The van der Waals surface area contributed by atoms with E-state index in [1.54, 1.807) is 11.3 Å². The van der Waals surface area contributed by atoms with Crippen LogP contribution in [0, 0.1) is 6.92 Å². The molecule has 134 valence electrons. The van der Waals surface area contributed by atoms with Gasteiger partial charge in [-0.1, -0.05) is 24.3 Å². The highest BCUT2D eigenvalue weighted by molar-refractivity contribution is 7.11. The number of guanidine groups is 1. The van der Waals surface area contributed by atoms with Crippen LogP contribution >= 0.6 is 11.3 Å². The molecule has 1 aromatic carbocycles. The summed E-state index contributed by atoms with van der Waals surface area (Å²) in [5.74, 6) is 0.795. The first-order valence-corrected chi connectivity index (χ1v) is 9.50. The molecule has 2 N–H and O–H groups in total. The molecule has 0 fully saturated rings. The monoisotopic (exact) mass is 365 g/mol. The van der Waals surface area contributed by atoms with E-state index in [2.05, 4.69) is 52.6 Å². The van der Waals surface area contributed by atoms with E-state index in [-0.39, 0.29) is 0 Å². The number of nitrogens with zero attached hydrogens (tertiary/aromatic N) is 3. The fourth-order valence-corrected chi connectivity index (χ4v) is 3.24. The second-order valence-corrected chi connectivity index (χ2v) is 7.15. The predicted octanol–water partition coefficient (Wildman–Crippen LogP) is 3.77. The van der Waals surface area contributed by atoms with Gasteiger partial charge in [-0.2, -0.15) is 0 Å². The van der Waals surface area contributed by atoms with Gasteiger partial charge in [-0.3, -0.25) is 4.98 Å². The van der Waals surface area contributed by atoms with E-state index in [0.29, 0.717) is 13.1 Å². The van der Waals surface area contributed by atoms with Crippen LogP contribution in [0.1, 0.15) is 22.4 Å². The Morgan fingerprint density at radius 3 is 2.77 bits per heavy atom. The van der Waals surface area contributed by atoms with Gasteiger partial charge >= 0.3 is 0 Å². The molecule has 0 atom stereocenters. The van der Waals surface area contributed by atoms with Crippen LogP contribution in [-0.4, -0.2) is 22.5 Å². The van der Waals surface area contributed by atoms with E-state index in [1.807, 2.05) is 36.7 Å². The van der Waals surface area contributed by atoms with Crippen LogP contribution < -0.4 is 10.6 Å². The first-order chi connectivity index (χ1) is 12.7. The van der Waals surface area contributed by atoms with Gasteiger partial charge in [-0.25, -0.2) is 9.98 Å². The van der Waals surface area contributed by atoms with E-state index in [0.717, 1.165) is 34.3 Å². The highest BCUT2D eigenvalue weighted by atomic mass is 32.1. The SMILES string of the molecule is CCNC(=NCc1cccc(-c2ccccn2)c1)NCc1ncc(C)s1. The third-order valence-corrected chi connectivity index (χ3v) is 4.64. The van der Waals surface area contributed by atoms with Crippen molar-refractivity contribution in [1.29, 1.82) is 0 Å². The van der Waals surface area contributed by atoms with Gasteiger partial charge in [0.15, 0.2) is 5.96 Å². The van der Waals surface area contributed by atoms with Gasteiger partial charge in [-0.05, 0) is 37.6 Å². The molecule has 26 heavy (non-hydrogen) atoms. The summed E-state index contributed by atoms with van der Waals surface area (Å²) in [4.78, 5) is 14.7. The number of thiazole rings is 1. The summed E-state index contributed by atoms with van der Waals surface area (Å²) in [6, 6.07) is 14.3. The van der Waals surface area contributed by atoms with Gasteiger partial charge in [0.1, 0.15) is 5.01 Å². The molecule has 0 aliphatic heterocycles. The lowest BCUT2D eigenvalue weighted by Gasteiger charge is -2.10. The lowest BCUT2D eigenvalue weighted by Crippen LogP contribution is -2.36. The Kier molecular flexibility index (Phi) is 6.33. The molecule has 0 aliphatic carbocycles. The van der Waals surface area contributed by atoms with Crippen molar-refractivity contribution in [3.63, 3.8) is 0 Å². The second kappa shape index (κ2) is 9.10. The number of nitrogens with one attached hydrogen (secondary N) is 2. The number of rotatable bonds is 6. The summed E-state index contributed by atoms with van der Waals surface area (Å²) in [6.45, 7) is 6.23. The zero-order valence-corrected chi connectivity index (χ0v) is 15.9. The molecular weight excluding hydrogens is 342 g/mol. The zero-order chi connectivity index (χ0) is 18.2. The minimum Gasteiger partial charge on any atom is -0.357 e. The molecule has 0 bridgehead atoms. The Morgan fingerprint density at radius 1 is 1.12 bits per heavy atom. The van der Waals surface area contributed by atoms with Crippen molar-refractivity contribution in [1.82, 2.24) is 20.6 Å². The smallest absolute Gasteiger partial charge is 0.191 e. The molecule has 2 heterocycles. The zero-order valence-electron chi connectivity index (χ0n) is 15.1. The normalized spacial score (nSPS) is 11.4. The average molecular weight is 366 g/mol. The van der Waals surface area contributed by atoms with E-state index in [4.69, 9.17) is 4.99 Å². The number of hydrogen-bond acceptors (Lipinski definition) is 4. The Hall–Kier alpha value is -2.73. The van der Waals surface area contributed by atoms with Crippen molar-refractivity contribution in [2.24, 2.45) is 4.99 Å². The molecule has 0 saturated heterocycles. The predicted molar refractivity (Wildman–Crippen MR) is 108 cm³/mol. The lowest BCUT2D eigenvalue weighted by atomic mass is 10.1. The summed E-state index contributed by atoms with van der Waals surface area (Å²) >= 11 is 1.70. The number of pyridine rings is 1. The van der Waals surface area contributed by atoms with Crippen LogP contribution in [0.15, 0.2) is 59.9 Å². The molecule has 5 nitrogen and oxygen atoms in total. The molecule has 0 radical (unpaired) electrons. The van der Waals surface area contributed by atoms with Crippen molar-refractivity contribution < 1.29 is 0 Å². The number of benzene rings is 1. The van der Waals surface area contributed by atoms with Gasteiger partial charge in [0, 0.05) is 29.4 Å². The van der Waals surface area contributed by atoms with Crippen LogP contribution in [0.5, 0.6) is 0 Å². The van der Waals surface area contributed by atoms with Gasteiger partial charge < -0.3 is 10.6 Å². The fourth-order valence-electron chi connectivity index (χ4n) is 2.52. The molecule has 0 unspecified atom stereocenters. The molecule has 6 heteroatoms. The maximum atomic E-state index is 4.69. The van der Waals surface area contributed by atoms with Crippen LogP contribution in [0.2, 0.25) is 0 Å². The second-order valence-electron chi connectivity index (χ2n) is 5.83. The summed E-state index contributed by atoms with van der Waals surface area (Å²) in [6.07, 6.45) is 3.71. The van der Waals surface area contributed by atoms with E-state index >= 15 is 0 Å². The van der Waals surface area contributed by atoms with Gasteiger partial charge in [-0.15, -0.1) is 11.3 Å². The average Bonchev–Trinajstić information content (AvgIpc) is 3.10. The Balaban J connectivity index is 1.67. The molecule has 3 rings (SSSR count). The van der Waals surface area contributed by atoms with Crippen molar-refractivity contribution in [2.45, 2.75) is 26.9 Å². The van der Waals surface area contributed by atoms with Crippen LogP contribution in [-0.2, 0) is 13.1 Å². The maximum absolute atomic E-state index is 4.69. The number of aryl methyl sites for hydroxylation is 1. The van der Waals surface area contributed by atoms with Gasteiger partial charge in [0.25, 0.3) is 0 Å². The highest BCUT2D eigenvalue weighted by Gasteiger charge is 2.03. The highest BCUT2D eigenvalue weighted by Crippen LogP contribution is 2.18. The molecule has 0 aliphatic rings. The van der Waals surface area contributed by atoms with Crippen molar-refractivity contribution in [3.8, 4) is 11.3 Å². The van der Waals surface area contributed by atoms with Crippen molar-refractivity contribution in [3.05, 3.63) is 70.3 Å². The van der Waals surface area contributed by atoms with Crippen LogP contribution in [0.25, 0.3) is 11.3 Å². The lowest BCUT2D eigenvalue weighted by molar-refractivity contribution is 0.811. The summed E-state index contributed by atoms with van der Waals surface area (Å²) in [5, 5.41) is 7.68. The topological polar surface area (TPSA) is 62.2 Å². The minimum absolute atomic E-state index is 0.604. The summed E-state index contributed by atoms with van der Waals surface area (Å²) in [7, 11) is 0. The van der Waals surface area contributed by atoms with Crippen LogP contribution in [0.4, 0.5) is 0 Å². The van der Waals surface area contributed by atoms with E-state index in [1.165, 1.54) is 4.88 Å². The van der Waals surface area contributed by atoms with Gasteiger partial charge in [0.2, 0.25) is 0 Å². The molecule has 3 aromatic rings. The first kappa shape index (κ1) is 18.1. The Bertz CT molecular complexity index is 857.